The lowest BCUT2D eigenvalue weighted by molar-refractivity contribution is 0.0802. The zero-order chi connectivity index (χ0) is 15.0. The molecule has 0 saturated carbocycles. The predicted molar refractivity (Wildman–Crippen MR) is 84.5 cm³/mol. The summed E-state index contributed by atoms with van der Waals surface area (Å²) in [6, 6.07) is 8.32. The molecule has 0 fully saturated rings. The van der Waals surface area contributed by atoms with E-state index in [1.54, 1.807) is 7.11 Å². The standard InChI is InChI=1S/C17H29NO2/c1-13(2)10-18-11-17(12-19-5)20-16-8-6-7-15(9-16)14(3)4/h6-9,13-14,17-18H,10-12H2,1-5H3. The molecule has 0 amide bonds. The highest BCUT2D eigenvalue weighted by Gasteiger charge is 2.11. The molecule has 20 heavy (non-hydrogen) atoms. The van der Waals surface area contributed by atoms with Gasteiger partial charge in [0.05, 0.1) is 6.61 Å². The first-order valence-electron chi connectivity index (χ1n) is 7.49. The quantitative estimate of drug-likeness (QED) is 0.751. The van der Waals surface area contributed by atoms with Gasteiger partial charge < -0.3 is 14.8 Å². The molecule has 0 aliphatic heterocycles. The Kier molecular flexibility index (Phi) is 7.63. The van der Waals surface area contributed by atoms with Crippen molar-refractivity contribution in [2.75, 3.05) is 26.8 Å². The Bertz CT molecular complexity index is 377. The second-order valence-electron chi connectivity index (χ2n) is 5.97. The van der Waals surface area contributed by atoms with Gasteiger partial charge in [-0.2, -0.15) is 0 Å². The van der Waals surface area contributed by atoms with Crippen LogP contribution < -0.4 is 10.1 Å². The largest absolute Gasteiger partial charge is 0.487 e. The number of methoxy groups -OCH3 is 1. The smallest absolute Gasteiger partial charge is 0.134 e. The lowest BCUT2D eigenvalue weighted by Crippen LogP contribution is -2.36. The summed E-state index contributed by atoms with van der Waals surface area (Å²) >= 11 is 0. The molecule has 0 aliphatic rings. The van der Waals surface area contributed by atoms with Crippen LogP contribution in [0.15, 0.2) is 24.3 Å². The van der Waals surface area contributed by atoms with Gasteiger partial charge in [0, 0.05) is 13.7 Å². The van der Waals surface area contributed by atoms with E-state index in [4.69, 9.17) is 9.47 Å². The highest BCUT2D eigenvalue weighted by atomic mass is 16.5. The van der Waals surface area contributed by atoms with Gasteiger partial charge in [-0.1, -0.05) is 39.8 Å². The van der Waals surface area contributed by atoms with E-state index < -0.39 is 0 Å². The van der Waals surface area contributed by atoms with Crippen molar-refractivity contribution in [2.24, 2.45) is 5.92 Å². The second-order valence-corrected chi connectivity index (χ2v) is 5.97. The molecule has 0 spiro atoms. The molecule has 1 rings (SSSR count). The van der Waals surface area contributed by atoms with Crippen molar-refractivity contribution in [3.8, 4) is 5.75 Å². The highest BCUT2D eigenvalue weighted by molar-refractivity contribution is 5.30. The van der Waals surface area contributed by atoms with Crippen LogP contribution in [0.25, 0.3) is 0 Å². The highest BCUT2D eigenvalue weighted by Crippen LogP contribution is 2.21. The van der Waals surface area contributed by atoms with Crippen LogP contribution in [0.2, 0.25) is 0 Å². The van der Waals surface area contributed by atoms with Crippen molar-refractivity contribution in [2.45, 2.75) is 39.7 Å². The summed E-state index contributed by atoms with van der Waals surface area (Å²) in [6.07, 6.45) is 0.0427. The van der Waals surface area contributed by atoms with Gasteiger partial charge in [-0.3, -0.25) is 0 Å². The van der Waals surface area contributed by atoms with E-state index in [-0.39, 0.29) is 6.10 Å². The Balaban J connectivity index is 2.57. The Morgan fingerprint density at radius 1 is 1.10 bits per heavy atom. The van der Waals surface area contributed by atoms with E-state index >= 15 is 0 Å². The molecule has 1 aromatic carbocycles. The molecular weight excluding hydrogens is 250 g/mol. The molecule has 3 nitrogen and oxygen atoms in total. The van der Waals surface area contributed by atoms with E-state index in [2.05, 4.69) is 51.2 Å². The summed E-state index contributed by atoms with van der Waals surface area (Å²) in [5, 5.41) is 3.42. The summed E-state index contributed by atoms with van der Waals surface area (Å²) in [4.78, 5) is 0. The minimum absolute atomic E-state index is 0.0427. The SMILES string of the molecule is COCC(CNCC(C)C)Oc1cccc(C(C)C)c1. The van der Waals surface area contributed by atoms with Crippen LogP contribution in [0.5, 0.6) is 5.75 Å². The molecule has 0 aromatic heterocycles. The third-order valence-electron chi connectivity index (χ3n) is 3.10. The van der Waals surface area contributed by atoms with Crippen LogP contribution in [0, 0.1) is 5.92 Å². The van der Waals surface area contributed by atoms with Crippen molar-refractivity contribution < 1.29 is 9.47 Å². The average molecular weight is 279 g/mol. The lowest BCUT2D eigenvalue weighted by Gasteiger charge is -2.20. The van der Waals surface area contributed by atoms with Gasteiger partial charge in [-0.05, 0) is 36.1 Å². The first kappa shape index (κ1) is 17.0. The number of hydrogen-bond donors (Lipinski definition) is 1. The van der Waals surface area contributed by atoms with E-state index in [1.807, 2.05) is 6.07 Å². The molecule has 0 aliphatic carbocycles. The van der Waals surface area contributed by atoms with Crippen molar-refractivity contribution in [1.29, 1.82) is 0 Å². The molecule has 114 valence electrons. The zero-order valence-corrected chi connectivity index (χ0v) is 13.5. The van der Waals surface area contributed by atoms with Gasteiger partial charge in [-0.15, -0.1) is 0 Å². The molecule has 0 heterocycles. The van der Waals surface area contributed by atoms with Crippen molar-refractivity contribution in [3.63, 3.8) is 0 Å². The zero-order valence-electron chi connectivity index (χ0n) is 13.5. The van der Waals surface area contributed by atoms with E-state index in [1.165, 1.54) is 5.56 Å². The van der Waals surface area contributed by atoms with E-state index in [0.29, 0.717) is 18.4 Å². The van der Waals surface area contributed by atoms with Gasteiger partial charge in [0.25, 0.3) is 0 Å². The number of rotatable bonds is 9. The van der Waals surface area contributed by atoms with Crippen LogP contribution in [0.1, 0.15) is 39.2 Å². The fraction of sp³-hybridized carbons (Fsp3) is 0.647. The molecule has 1 N–H and O–H groups in total. The Labute approximate surface area is 123 Å². The van der Waals surface area contributed by atoms with Gasteiger partial charge >= 0.3 is 0 Å². The molecular formula is C17H29NO2. The van der Waals surface area contributed by atoms with Crippen molar-refractivity contribution >= 4 is 0 Å². The maximum absolute atomic E-state index is 6.04. The van der Waals surface area contributed by atoms with Crippen molar-refractivity contribution in [3.05, 3.63) is 29.8 Å². The van der Waals surface area contributed by atoms with Crippen molar-refractivity contribution in [1.82, 2.24) is 5.32 Å². The maximum atomic E-state index is 6.04. The second kappa shape index (κ2) is 8.98. The van der Waals surface area contributed by atoms with Crippen LogP contribution in [-0.2, 0) is 4.74 Å². The van der Waals surface area contributed by atoms with Gasteiger partial charge in [-0.25, -0.2) is 0 Å². The Morgan fingerprint density at radius 3 is 2.45 bits per heavy atom. The topological polar surface area (TPSA) is 30.5 Å². The Morgan fingerprint density at radius 2 is 1.85 bits per heavy atom. The van der Waals surface area contributed by atoms with Crippen LogP contribution in [0.3, 0.4) is 0 Å². The van der Waals surface area contributed by atoms with Gasteiger partial charge in [0.15, 0.2) is 0 Å². The van der Waals surface area contributed by atoms with E-state index in [9.17, 15) is 0 Å². The maximum Gasteiger partial charge on any atom is 0.134 e. The minimum Gasteiger partial charge on any atom is -0.487 e. The predicted octanol–water partition coefficient (Wildman–Crippen LogP) is 3.45. The molecule has 0 radical (unpaired) electrons. The number of benzene rings is 1. The number of ether oxygens (including phenoxy) is 2. The summed E-state index contributed by atoms with van der Waals surface area (Å²) < 4.78 is 11.3. The normalized spacial score (nSPS) is 12.9. The van der Waals surface area contributed by atoms with E-state index in [0.717, 1.165) is 18.8 Å². The van der Waals surface area contributed by atoms with Gasteiger partial charge in [0.2, 0.25) is 0 Å². The molecule has 1 unspecified atom stereocenters. The van der Waals surface area contributed by atoms with Crippen LogP contribution in [-0.4, -0.2) is 32.9 Å². The summed E-state index contributed by atoms with van der Waals surface area (Å²) in [6.45, 7) is 11.2. The van der Waals surface area contributed by atoms with Crippen LogP contribution in [0.4, 0.5) is 0 Å². The number of hydrogen-bond acceptors (Lipinski definition) is 3. The monoisotopic (exact) mass is 279 g/mol. The molecule has 0 bridgehead atoms. The number of nitrogens with one attached hydrogen (secondary N) is 1. The summed E-state index contributed by atoms with van der Waals surface area (Å²) in [5.74, 6) is 2.07. The third kappa shape index (κ3) is 6.40. The Hall–Kier alpha value is -1.06. The van der Waals surface area contributed by atoms with Crippen LogP contribution >= 0.6 is 0 Å². The lowest BCUT2D eigenvalue weighted by atomic mass is 10.0. The fourth-order valence-corrected chi connectivity index (χ4v) is 1.99. The third-order valence-corrected chi connectivity index (χ3v) is 3.10. The molecule has 1 aromatic rings. The summed E-state index contributed by atoms with van der Waals surface area (Å²) in [7, 11) is 1.71. The molecule has 0 saturated heterocycles. The molecule has 3 heteroatoms. The van der Waals surface area contributed by atoms with Gasteiger partial charge in [0.1, 0.15) is 11.9 Å². The average Bonchev–Trinajstić information content (AvgIpc) is 2.38. The summed E-state index contributed by atoms with van der Waals surface area (Å²) in [5.41, 5.74) is 1.30. The first-order valence-corrected chi connectivity index (χ1v) is 7.49. The first-order chi connectivity index (χ1) is 9.52. The fourth-order valence-electron chi connectivity index (χ4n) is 1.99. The molecule has 1 atom stereocenters. The minimum atomic E-state index is 0.0427.